The highest BCUT2D eigenvalue weighted by molar-refractivity contribution is 5.91. The van der Waals surface area contributed by atoms with Crippen LogP contribution in [0, 0.1) is 11.8 Å². The molecular formula is C34H54N4O8. The van der Waals surface area contributed by atoms with Crippen molar-refractivity contribution in [1.82, 2.24) is 20.4 Å². The van der Waals surface area contributed by atoms with Gasteiger partial charge in [0.15, 0.2) is 0 Å². The number of carbonyl (C=O) groups is 5. The minimum atomic E-state index is -0.897. The molecule has 258 valence electrons. The highest BCUT2D eigenvalue weighted by Crippen LogP contribution is 2.20. The summed E-state index contributed by atoms with van der Waals surface area (Å²) in [5, 5.41) is 5.56. The van der Waals surface area contributed by atoms with Gasteiger partial charge in [0.25, 0.3) is 0 Å². The molecule has 0 spiro atoms. The monoisotopic (exact) mass is 646 g/mol. The van der Waals surface area contributed by atoms with Gasteiger partial charge in [-0.05, 0) is 70.8 Å². The Hall–Kier alpha value is -3.83. The third-order valence-corrected chi connectivity index (χ3v) is 7.23. The van der Waals surface area contributed by atoms with Crippen LogP contribution in [0.15, 0.2) is 30.3 Å². The fourth-order valence-electron chi connectivity index (χ4n) is 5.24. The number of benzene rings is 1. The van der Waals surface area contributed by atoms with Crippen molar-refractivity contribution in [2.75, 3.05) is 26.2 Å². The molecule has 1 heterocycles. The lowest BCUT2D eigenvalue weighted by molar-refractivity contribution is -0.145. The number of carbonyl (C=O) groups excluding carboxylic acids is 5. The van der Waals surface area contributed by atoms with Gasteiger partial charge in [0, 0.05) is 13.1 Å². The number of amides is 4. The number of rotatable bonds is 14. The van der Waals surface area contributed by atoms with Crippen molar-refractivity contribution in [2.45, 2.75) is 111 Å². The standard InChI is InChI=1S/C34H54N4O8/c1-9-44-29(39)21-38(33(43)45-22-25-14-11-10-12-15-25)26-16-13-17-37(20-26)31(41)28(19-24(4)5)35-30(40)27(18-23(2)3)36-32(42)46-34(6,7)8/h10-12,14-15,23-24,26-28H,9,13,16-22H2,1-8H3,(H,35,40)(H,36,42)/t26-,27+,28+/m1/s1. The van der Waals surface area contributed by atoms with E-state index in [9.17, 15) is 24.0 Å². The van der Waals surface area contributed by atoms with E-state index < -0.39 is 47.8 Å². The first-order valence-corrected chi connectivity index (χ1v) is 16.3. The number of esters is 1. The Bertz CT molecular complexity index is 1150. The van der Waals surface area contributed by atoms with Gasteiger partial charge in [-0.25, -0.2) is 9.59 Å². The van der Waals surface area contributed by atoms with E-state index in [1.165, 1.54) is 4.90 Å². The van der Waals surface area contributed by atoms with Crippen molar-refractivity contribution in [3.63, 3.8) is 0 Å². The van der Waals surface area contributed by atoms with Crippen molar-refractivity contribution in [2.24, 2.45) is 11.8 Å². The highest BCUT2D eigenvalue weighted by atomic mass is 16.6. The Kier molecular flexibility index (Phi) is 15.3. The van der Waals surface area contributed by atoms with Crippen LogP contribution in [-0.2, 0) is 35.2 Å². The molecule has 0 bridgehead atoms. The van der Waals surface area contributed by atoms with Gasteiger partial charge in [-0.15, -0.1) is 0 Å². The number of hydrogen-bond acceptors (Lipinski definition) is 8. The van der Waals surface area contributed by atoms with Gasteiger partial charge >= 0.3 is 18.2 Å². The van der Waals surface area contributed by atoms with Crippen LogP contribution in [0.5, 0.6) is 0 Å². The number of nitrogens with one attached hydrogen (secondary N) is 2. The Morgan fingerprint density at radius 3 is 2.15 bits per heavy atom. The zero-order chi connectivity index (χ0) is 34.4. The van der Waals surface area contributed by atoms with Crippen molar-refractivity contribution in [1.29, 1.82) is 0 Å². The molecule has 12 nitrogen and oxygen atoms in total. The smallest absolute Gasteiger partial charge is 0.410 e. The lowest BCUT2D eigenvalue weighted by Crippen LogP contribution is -2.58. The molecule has 2 N–H and O–H groups in total. The molecule has 1 aliphatic rings. The van der Waals surface area contributed by atoms with Crippen LogP contribution < -0.4 is 10.6 Å². The minimum absolute atomic E-state index is 0.0335. The third kappa shape index (κ3) is 13.7. The number of piperidine rings is 1. The summed E-state index contributed by atoms with van der Waals surface area (Å²) in [6, 6.07) is 6.97. The largest absolute Gasteiger partial charge is 0.465 e. The van der Waals surface area contributed by atoms with E-state index >= 15 is 0 Å². The summed E-state index contributed by atoms with van der Waals surface area (Å²) >= 11 is 0. The van der Waals surface area contributed by atoms with E-state index in [0.29, 0.717) is 32.2 Å². The summed E-state index contributed by atoms with van der Waals surface area (Å²) in [5.74, 6) is -1.17. The number of alkyl carbamates (subject to hydrolysis) is 1. The first kappa shape index (κ1) is 38.4. The van der Waals surface area contributed by atoms with Gasteiger partial charge in [-0.2, -0.15) is 0 Å². The summed E-state index contributed by atoms with van der Waals surface area (Å²) in [7, 11) is 0. The molecule has 0 radical (unpaired) electrons. The van der Waals surface area contributed by atoms with Crippen LogP contribution >= 0.6 is 0 Å². The zero-order valence-corrected chi connectivity index (χ0v) is 28.8. The number of ether oxygens (including phenoxy) is 3. The van der Waals surface area contributed by atoms with Crippen LogP contribution in [-0.4, -0.2) is 89.7 Å². The second-order valence-corrected chi connectivity index (χ2v) is 13.6. The van der Waals surface area contributed by atoms with E-state index in [0.717, 1.165) is 5.56 Å². The number of hydrogen-bond donors (Lipinski definition) is 2. The average molecular weight is 647 g/mol. The Balaban J connectivity index is 2.21. The SMILES string of the molecule is CCOC(=O)CN(C(=O)OCc1ccccc1)[C@@H]1CCCN(C(=O)[C@H](CC(C)C)NC(=O)[C@H](CC(C)C)NC(=O)OC(C)(C)C)C1. The fourth-order valence-corrected chi connectivity index (χ4v) is 5.24. The minimum Gasteiger partial charge on any atom is -0.465 e. The molecule has 0 aliphatic carbocycles. The van der Waals surface area contributed by atoms with Gasteiger partial charge < -0.3 is 29.7 Å². The Morgan fingerprint density at radius 2 is 1.57 bits per heavy atom. The van der Waals surface area contributed by atoms with Crippen molar-refractivity contribution in [3.05, 3.63) is 35.9 Å². The molecule has 3 atom stereocenters. The zero-order valence-electron chi connectivity index (χ0n) is 28.8. The first-order chi connectivity index (χ1) is 21.6. The summed E-state index contributed by atoms with van der Waals surface area (Å²) in [6.07, 6.45) is 0.486. The maximum absolute atomic E-state index is 14.0. The van der Waals surface area contributed by atoms with E-state index in [1.807, 2.05) is 58.0 Å². The molecule has 12 heteroatoms. The molecule has 46 heavy (non-hydrogen) atoms. The topological polar surface area (TPSA) is 144 Å². The third-order valence-electron chi connectivity index (χ3n) is 7.23. The molecule has 2 rings (SSSR count). The van der Waals surface area contributed by atoms with Crippen molar-refractivity contribution >= 4 is 30.0 Å². The molecule has 0 saturated carbocycles. The average Bonchev–Trinajstić information content (AvgIpc) is 2.97. The summed E-state index contributed by atoms with van der Waals surface area (Å²) < 4.78 is 16.1. The van der Waals surface area contributed by atoms with Crippen molar-refractivity contribution in [3.8, 4) is 0 Å². The molecule has 1 aromatic rings. The quantitative estimate of drug-likeness (QED) is 0.220. The summed E-state index contributed by atoms with van der Waals surface area (Å²) in [5.41, 5.74) is 0.0653. The van der Waals surface area contributed by atoms with Crippen molar-refractivity contribution < 1.29 is 38.2 Å². The first-order valence-electron chi connectivity index (χ1n) is 16.3. The summed E-state index contributed by atoms with van der Waals surface area (Å²) in [6.45, 7) is 15.2. The van der Waals surface area contributed by atoms with E-state index in [-0.39, 0.29) is 44.0 Å². The fraction of sp³-hybridized carbons (Fsp3) is 0.676. The Labute approximate surface area is 273 Å². The van der Waals surface area contributed by atoms with Gasteiger partial charge in [-0.3, -0.25) is 19.3 Å². The highest BCUT2D eigenvalue weighted by Gasteiger charge is 2.37. The second kappa shape index (κ2) is 18.3. The van der Waals surface area contributed by atoms with Gasteiger partial charge in [0.2, 0.25) is 11.8 Å². The maximum Gasteiger partial charge on any atom is 0.410 e. The molecule has 1 fully saturated rings. The maximum atomic E-state index is 14.0. The van der Waals surface area contributed by atoms with E-state index in [4.69, 9.17) is 14.2 Å². The summed E-state index contributed by atoms with van der Waals surface area (Å²) in [4.78, 5) is 68.8. The van der Waals surface area contributed by atoms with Gasteiger partial charge in [-0.1, -0.05) is 58.0 Å². The van der Waals surface area contributed by atoms with Gasteiger partial charge in [0.1, 0.15) is 30.8 Å². The Morgan fingerprint density at radius 1 is 0.935 bits per heavy atom. The second-order valence-electron chi connectivity index (χ2n) is 13.6. The molecule has 4 amide bonds. The lowest BCUT2D eigenvalue weighted by atomic mass is 9.98. The van der Waals surface area contributed by atoms with Crippen LogP contribution in [0.3, 0.4) is 0 Å². The van der Waals surface area contributed by atoms with Crippen LogP contribution in [0.1, 0.15) is 86.6 Å². The number of likely N-dealkylation sites (tertiary alicyclic amines) is 1. The molecule has 0 unspecified atom stereocenters. The molecule has 1 saturated heterocycles. The predicted molar refractivity (Wildman–Crippen MR) is 174 cm³/mol. The normalized spacial score (nSPS) is 16.3. The lowest BCUT2D eigenvalue weighted by Gasteiger charge is -2.40. The van der Waals surface area contributed by atoms with E-state index in [1.54, 1.807) is 32.6 Å². The molecule has 0 aromatic heterocycles. The van der Waals surface area contributed by atoms with Gasteiger partial charge in [0.05, 0.1) is 12.6 Å². The van der Waals surface area contributed by atoms with Crippen LogP contribution in [0.4, 0.5) is 9.59 Å². The molecule has 1 aromatic carbocycles. The molecular weight excluding hydrogens is 592 g/mol. The molecule has 1 aliphatic heterocycles. The van der Waals surface area contributed by atoms with E-state index in [2.05, 4.69) is 10.6 Å². The van der Waals surface area contributed by atoms with Crippen LogP contribution in [0.25, 0.3) is 0 Å². The van der Waals surface area contributed by atoms with Crippen LogP contribution in [0.2, 0.25) is 0 Å². The predicted octanol–water partition coefficient (Wildman–Crippen LogP) is 4.65. The number of nitrogens with zero attached hydrogens (tertiary/aromatic N) is 2.